The average molecular weight is 455 g/mol. The Morgan fingerprint density at radius 2 is 1.73 bits per heavy atom. The highest BCUT2D eigenvalue weighted by Gasteiger charge is 2.17. The van der Waals surface area contributed by atoms with Gasteiger partial charge in [0.05, 0.1) is 26.2 Å². The van der Waals surface area contributed by atoms with Crippen molar-refractivity contribution in [2.24, 2.45) is 0 Å². The van der Waals surface area contributed by atoms with Crippen LogP contribution in [0.25, 0.3) is 0 Å². The van der Waals surface area contributed by atoms with Crippen LogP contribution in [0.4, 0.5) is 5.69 Å². The second-order valence-electron chi connectivity index (χ2n) is 6.70. The molecule has 164 valence electrons. The van der Waals surface area contributed by atoms with Gasteiger partial charge in [-0.25, -0.2) is 8.42 Å². The Kier molecular flexibility index (Phi) is 8.80. The van der Waals surface area contributed by atoms with Crippen LogP contribution in [0, 0.1) is 0 Å². The molecule has 1 N–H and O–H groups in total. The first-order valence-corrected chi connectivity index (χ1v) is 11.7. The van der Waals surface area contributed by atoms with Crippen LogP contribution in [0.1, 0.15) is 18.4 Å². The number of rotatable bonds is 11. The molecule has 0 aliphatic rings. The van der Waals surface area contributed by atoms with Gasteiger partial charge in [-0.15, -0.1) is 0 Å². The van der Waals surface area contributed by atoms with E-state index in [1.165, 1.54) is 4.31 Å². The predicted molar refractivity (Wildman–Crippen MR) is 119 cm³/mol. The third-order valence-corrected chi connectivity index (χ3v) is 5.91. The number of amides is 1. The fourth-order valence-corrected chi connectivity index (χ4v) is 4.04. The van der Waals surface area contributed by atoms with Crippen LogP contribution in [0.3, 0.4) is 0 Å². The molecule has 0 spiro atoms. The Balaban J connectivity index is 1.81. The molecule has 0 aliphatic heterocycles. The first-order chi connectivity index (χ1) is 14.2. The van der Waals surface area contributed by atoms with Crippen molar-refractivity contribution < 1.29 is 22.7 Å². The van der Waals surface area contributed by atoms with E-state index in [1.54, 1.807) is 38.5 Å². The zero-order valence-corrected chi connectivity index (χ0v) is 18.9. The molecular weight excluding hydrogens is 428 g/mol. The molecule has 9 heteroatoms. The smallest absolute Gasteiger partial charge is 0.232 e. The maximum absolute atomic E-state index is 12.1. The molecule has 0 radical (unpaired) electrons. The zero-order chi connectivity index (χ0) is 22.1. The molecule has 1 amide bonds. The summed E-state index contributed by atoms with van der Waals surface area (Å²) in [5.74, 6) is 1.17. The van der Waals surface area contributed by atoms with E-state index in [2.05, 4.69) is 5.32 Å². The van der Waals surface area contributed by atoms with Crippen LogP contribution in [0.15, 0.2) is 42.5 Å². The molecule has 7 nitrogen and oxygen atoms in total. The normalized spacial score (nSPS) is 11.1. The van der Waals surface area contributed by atoms with E-state index < -0.39 is 10.0 Å². The van der Waals surface area contributed by atoms with Gasteiger partial charge >= 0.3 is 0 Å². The van der Waals surface area contributed by atoms with Gasteiger partial charge in [-0.05, 0) is 54.8 Å². The van der Waals surface area contributed by atoms with E-state index in [0.717, 1.165) is 11.8 Å². The Hall–Kier alpha value is -2.45. The molecule has 0 aliphatic carbocycles. The number of nitrogens with one attached hydrogen (secondary N) is 1. The average Bonchev–Trinajstić information content (AvgIpc) is 2.71. The number of carbonyl (C=O) groups excluding carboxylic acids is 1. The Bertz CT molecular complexity index is 948. The first-order valence-electron chi connectivity index (χ1n) is 9.45. The number of nitrogens with zero attached hydrogens (tertiary/aromatic N) is 1. The molecule has 2 aromatic rings. The van der Waals surface area contributed by atoms with Crippen molar-refractivity contribution >= 4 is 33.2 Å². The minimum absolute atomic E-state index is 0.125. The summed E-state index contributed by atoms with van der Waals surface area (Å²) in [5.41, 5.74) is 1.54. The summed E-state index contributed by atoms with van der Waals surface area (Å²) in [6, 6.07) is 12.2. The van der Waals surface area contributed by atoms with Crippen molar-refractivity contribution in [3.8, 4) is 11.5 Å². The molecule has 30 heavy (non-hydrogen) atoms. The van der Waals surface area contributed by atoms with Gasteiger partial charge in [-0.3, -0.25) is 9.10 Å². The van der Waals surface area contributed by atoms with Crippen molar-refractivity contribution in [3.63, 3.8) is 0 Å². The summed E-state index contributed by atoms with van der Waals surface area (Å²) in [4.78, 5) is 12.1. The van der Waals surface area contributed by atoms with Crippen LogP contribution in [0.2, 0.25) is 5.02 Å². The van der Waals surface area contributed by atoms with Gasteiger partial charge in [0, 0.05) is 24.5 Å². The molecule has 2 aromatic carbocycles. The summed E-state index contributed by atoms with van der Waals surface area (Å²) in [5, 5.41) is 3.39. The summed E-state index contributed by atoms with van der Waals surface area (Å²) >= 11 is 5.87. The molecule has 0 unspecified atom stereocenters. The van der Waals surface area contributed by atoms with Crippen LogP contribution < -0.4 is 19.1 Å². The van der Waals surface area contributed by atoms with Crippen LogP contribution in [-0.4, -0.2) is 47.9 Å². The van der Waals surface area contributed by atoms with Gasteiger partial charge in [-0.2, -0.15) is 0 Å². The lowest BCUT2D eigenvalue weighted by atomic mass is 10.1. The highest BCUT2D eigenvalue weighted by molar-refractivity contribution is 7.92. The molecule has 2 rings (SSSR count). The lowest BCUT2D eigenvalue weighted by molar-refractivity contribution is -0.121. The van der Waals surface area contributed by atoms with Crippen LogP contribution >= 0.6 is 11.6 Å². The number of sulfonamides is 1. The molecular formula is C21H27ClN2O5S. The topological polar surface area (TPSA) is 84.9 Å². The van der Waals surface area contributed by atoms with Crippen molar-refractivity contribution in [1.82, 2.24) is 5.32 Å². The Morgan fingerprint density at radius 3 is 2.33 bits per heavy atom. The van der Waals surface area contributed by atoms with Crippen molar-refractivity contribution in [1.29, 1.82) is 0 Å². The standard InChI is InChI=1S/C21H27ClN2O5S/c1-28-19-11-6-16(15-20(19)29-2)12-13-23-21(25)5-4-14-24(30(3,26)27)18-9-7-17(22)8-10-18/h6-11,15H,4-5,12-14H2,1-3H3,(H,23,25). The number of ether oxygens (including phenoxy) is 2. The van der Waals surface area contributed by atoms with E-state index in [0.29, 0.717) is 41.6 Å². The maximum Gasteiger partial charge on any atom is 0.232 e. The molecule has 0 saturated heterocycles. The van der Waals surface area contributed by atoms with Gasteiger partial charge in [0.25, 0.3) is 0 Å². The highest BCUT2D eigenvalue weighted by atomic mass is 35.5. The number of hydrogen-bond acceptors (Lipinski definition) is 5. The largest absolute Gasteiger partial charge is 0.493 e. The number of carbonyl (C=O) groups is 1. The van der Waals surface area contributed by atoms with Gasteiger partial charge in [0.2, 0.25) is 15.9 Å². The fraction of sp³-hybridized carbons (Fsp3) is 0.381. The third-order valence-electron chi connectivity index (χ3n) is 4.46. The summed E-state index contributed by atoms with van der Waals surface area (Å²) in [6.45, 7) is 0.685. The van der Waals surface area contributed by atoms with Crippen LogP contribution in [0.5, 0.6) is 11.5 Å². The third kappa shape index (κ3) is 7.11. The molecule has 0 bridgehead atoms. The van der Waals surface area contributed by atoms with Crippen molar-refractivity contribution in [2.45, 2.75) is 19.3 Å². The van der Waals surface area contributed by atoms with E-state index in [4.69, 9.17) is 21.1 Å². The maximum atomic E-state index is 12.1. The number of benzene rings is 2. The predicted octanol–water partition coefficient (Wildman–Crippen LogP) is 3.26. The summed E-state index contributed by atoms with van der Waals surface area (Å²) in [6.07, 6.45) is 2.42. The van der Waals surface area contributed by atoms with Gasteiger partial charge in [0.15, 0.2) is 11.5 Å². The number of hydrogen-bond donors (Lipinski definition) is 1. The Labute approximate surface area is 183 Å². The molecule has 0 fully saturated rings. The lowest BCUT2D eigenvalue weighted by Crippen LogP contribution is -2.32. The molecule has 0 heterocycles. The van der Waals surface area contributed by atoms with E-state index in [-0.39, 0.29) is 18.9 Å². The van der Waals surface area contributed by atoms with E-state index in [1.807, 2.05) is 18.2 Å². The summed E-state index contributed by atoms with van der Waals surface area (Å²) < 4.78 is 36.0. The SMILES string of the molecule is COc1ccc(CCNC(=O)CCCN(c2ccc(Cl)cc2)S(C)(=O)=O)cc1OC. The first kappa shape index (κ1) is 23.8. The second kappa shape index (κ2) is 11.1. The zero-order valence-electron chi connectivity index (χ0n) is 17.4. The molecule has 0 atom stereocenters. The number of methoxy groups -OCH3 is 2. The second-order valence-corrected chi connectivity index (χ2v) is 9.05. The van der Waals surface area contributed by atoms with Gasteiger partial charge < -0.3 is 14.8 Å². The van der Waals surface area contributed by atoms with E-state index in [9.17, 15) is 13.2 Å². The van der Waals surface area contributed by atoms with Crippen LogP contribution in [-0.2, 0) is 21.2 Å². The monoisotopic (exact) mass is 454 g/mol. The number of halogens is 1. The summed E-state index contributed by atoms with van der Waals surface area (Å²) in [7, 11) is -0.302. The molecule has 0 saturated carbocycles. The van der Waals surface area contributed by atoms with Crippen molar-refractivity contribution in [3.05, 3.63) is 53.1 Å². The quantitative estimate of drug-likeness (QED) is 0.563. The minimum Gasteiger partial charge on any atom is -0.493 e. The van der Waals surface area contributed by atoms with Gasteiger partial charge in [-0.1, -0.05) is 17.7 Å². The fourth-order valence-electron chi connectivity index (χ4n) is 2.95. The number of anilines is 1. The minimum atomic E-state index is -3.46. The lowest BCUT2D eigenvalue weighted by Gasteiger charge is -2.22. The Morgan fingerprint density at radius 1 is 1.07 bits per heavy atom. The van der Waals surface area contributed by atoms with E-state index >= 15 is 0 Å². The highest BCUT2D eigenvalue weighted by Crippen LogP contribution is 2.27. The molecule has 0 aromatic heterocycles. The van der Waals surface area contributed by atoms with Crippen molar-refractivity contribution in [2.75, 3.05) is 37.9 Å². The van der Waals surface area contributed by atoms with Gasteiger partial charge in [0.1, 0.15) is 0 Å².